The van der Waals surface area contributed by atoms with Crippen molar-refractivity contribution in [2.45, 2.75) is 32.9 Å². The number of hydrogen-bond acceptors (Lipinski definition) is 6. The lowest BCUT2D eigenvalue weighted by atomic mass is 10.4. The van der Waals surface area contributed by atoms with Gasteiger partial charge < -0.3 is 19.9 Å². The highest BCUT2D eigenvalue weighted by Crippen LogP contribution is 1.93. The van der Waals surface area contributed by atoms with Gasteiger partial charge in [0.1, 0.15) is 6.04 Å². The summed E-state index contributed by atoms with van der Waals surface area (Å²) >= 11 is 0. The average molecular weight is 205 g/mol. The highest BCUT2D eigenvalue weighted by Gasteiger charge is 2.11. The Balaban J connectivity index is 3.54. The van der Waals surface area contributed by atoms with E-state index in [9.17, 15) is 9.59 Å². The molecule has 0 spiro atoms. The zero-order valence-corrected chi connectivity index (χ0v) is 8.48. The normalized spacial score (nSPS) is 12.1. The fourth-order valence-electron chi connectivity index (χ4n) is 0.494. The topological polar surface area (TPSA) is 87.9 Å². The highest BCUT2D eigenvalue weighted by atomic mass is 16.8. The van der Waals surface area contributed by atoms with Gasteiger partial charge in [-0.15, -0.1) is 0 Å². The lowest BCUT2D eigenvalue weighted by Crippen LogP contribution is -2.30. The predicted molar refractivity (Wildman–Crippen MR) is 47.3 cm³/mol. The molecule has 0 aromatic carbocycles. The molecule has 0 heterocycles. The molecule has 0 aromatic rings. The minimum absolute atomic E-state index is 0.272. The first-order chi connectivity index (χ1) is 6.43. The van der Waals surface area contributed by atoms with E-state index >= 15 is 0 Å². The summed E-state index contributed by atoms with van der Waals surface area (Å²) in [6.45, 7) is 4.34. The Hall–Kier alpha value is -1.30. The molecule has 1 atom stereocenters. The van der Waals surface area contributed by atoms with Crippen LogP contribution in [-0.2, 0) is 19.0 Å². The molecule has 6 nitrogen and oxygen atoms in total. The van der Waals surface area contributed by atoms with Crippen molar-refractivity contribution < 1.29 is 23.8 Å². The van der Waals surface area contributed by atoms with Gasteiger partial charge in [-0.1, -0.05) is 0 Å². The van der Waals surface area contributed by atoms with Gasteiger partial charge in [0.15, 0.2) is 0 Å². The molecule has 0 saturated carbocycles. The fraction of sp³-hybridized carbons (Fsp3) is 0.750. The SMILES string of the molecule is CC(C)OC(=O)OCOC(=O)[C@H](C)N. The van der Waals surface area contributed by atoms with Crippen LogP contribution in [0.5, 0.6) is 0 Å². The lowest BCUT2D eigenvalue weighted by molar-refractivity contribution is -0.154. The van der Waals surface area contributed by atoms with Gasteiger partial charge in [0.25, 0.3) is 0 Å². The van der Waals surface area contributed by atoms with Gasteiger partial charge in [0, 0.05) is 0 Å². The molecule has 6 heteroatoms. The maximum atomic E-state index is 10.8. The molecule has 0 rings (SSSR count). The van der Waals surface area contributed by atoms with Crippen LogP contribution in [0.4, 0.5) is 4.79 Å². The second kappa shape index (κ2) is 6.20. The average Bonchev–Trinajstić information content (AvgIpc) is 2.02. The fourth-order valence-corrected chi connectivity index (χ4v) is 0.494. The van der Waals surface area contributed by atoms with Gasteiger partial charge in [-0.3, -0.25) is 4.79 Å². The molecule has 0 fully saturated rings. The maximum absolute atomic E-state index is 10.8. The minimum atomic E-state index is -0.877. The Bertz CT molecular complexity index is 202. The number of hydrogen-bond donors (Lipinski definition) is 1. The minimum Gasteiger partial charge on any atom is -0.431 e. The Kier molecular flexibility index (Phi) is 5.62. The zero-order valence-electron chi connectivity index (χ0n) is 8.48. The van der Waals surface area contributed by atoms with Crippen molar-refractivity contribution in [3.05, 3.63) is 0 Å². The van der Waals surface area contributed by atoms with Crippen LogP contribution in [0.2, 0.25) is 0 Å². The molecule has 0 saturated heterocycles. The third-order valence-corrected chi connectivity index (χ3v) is 1.08. The second-order valence-electron chi connectivity index (χ2n) is 2.93. The Morgan fingerprint density at radius 1 is 1.21 bits per heavy atom. The van der Waals surface area contributed by atoms with E-state index in [1.807, 2.05) is 0 Å². The van der Waals surface area contributed by atoms with Crippen LogP contribution in [0.25, 0.3) is 0 Å². The van der Waals surface area contributed by atoms with Crippen molar-refractivity contribution in [1.82, 2.24) is 0 Å². The van der Waals surface area contributed by atoms with E-state index in [0.29, 0.717) is 0 Å². The molecule has 0 aliphatic carbocycles. The van der Waals surface area contributed by atoms with Crippen molar-refractivity contribution in [3.8, 4) is 0 Å². The summed E-state index contributed by atoms with van der Waals surface area (Å²) in [5.41, 5.74) is 5.19. The molecule has 0 aliphatic rings. The number of carbonyl (C=O) groups is 2. The molecule has 0 radical (unpaired) electrons. The van der Waals surface area contributed by atoms with Gasteiger partial charge in [-0.2, -0.15) is 0 Å². The number of carbonyl (C=O) groups excluding carboxylic acids is 2. The van der Waals surface area contributed by atoms with E-state index in [4.69, 9.17) is 5.73 Å². The van der Waals surface area contributed by atoms with E-state index in [1.165, 1.54) is 6.92 Å². The predicted octanol–water partition coefficient (Wildman–Crippen LogP) is 0.396. The quantitative estimate of drug-likeness (QED) is 0.527. The third-order valence-electron chi connectivity index (χ3n) is 1.08. The molecular weight excluding hydrogens is 190 g/mol. The summed E-state index contributed by atoms with van der Waals surface area (Å²) in [6.07, 6.45) is -1.15. The van der Waals surface area contributed by atoms with Crippen molar-refractivity contribution in [3.63, 3.8) is 0 Å². The van der Waals surface area contributed by atoms with Crippen molar-refractivity contribution in [2.24, 2.45) is 5.73 Å². The maximum Gasteiger partial charge on any atom is 0.511 e. The monoisotopic (exact) mass is 205 g/mol. The van der Waals surface area contributed by atoms with Crippen molar-refractivity contribution in [1.29, 1.82) is 0 Å². The van der Waals surface area contributed by atoms with Crippen molar-refractivity contribution in [2.75, 3.05) is 6.79 Å². The largest absolute Gasteiger partial charge is 0.511 e. The van der Waals surface area contributed by atoms with Gasteiger partial charge in [-0.25, -0.2) is 4.79 Å². The first-order valence-corrected chi connectivity index (χ1v) is 4.19. The molecule has 82 valence electrons. The van der Waals surface area contributed by atoms with E-state index in [0.717, 1.165) is 0 Å². The molecule has 2 N–H and O–H groups in total. The standard InChI is InChI=1S/C8H15NO5/c1-5(2)14-8(11)13-4-12-7(10)6(3)9/h5-6H,4,9H2,1-3H3/t6-/m0/s1. The Morgan fingerprint density at radius 2 is 1.79 bits per heavy atom. The molecule has 0 aliphatic heterocycles. The van der Waals surface area contributed by atoms with E-state index in [2.05, 4.69) is 14.2 Å². The van der Waals surface area contributed by atoms with Gasteiger partial charge in [-0.05, 0) is 20.8 Å². The van der Waals surface area contributed by atoms with E-state index < -0.39 is 25.0 Å². The van der Waals surface area contributed by atoms with Crippen LogP contribution < -0.4 is 5.73 Å². The van der Waals surface area contributed by atoms with Crippen LogP contribution in [0.1, 0.15) is 20.8 Å². The van der Waals surface area contributed by atoms with Crippen LogP contribution in [0.3, 0.4) is 0 Å². The Labute approximate surface area is 82.3 Å². The van der Waals surface area contributed by atoms with E-state index in [-0.39, 0.29) is 6.10 Å². The zero-order chi connectivity index (χ0) is 11.1. The van der Waals surface area contributed by atoms with Crippen LogP contribution >= 0.6 is 0 Å². The Morgan fingerprint density at radius 3 is 2.21 bits per heavy atom. The lowest BCUT2D eigenvalue weighted by Gasteiger charge is -2.09. The first-order valence-electron chi connectivity index (χ1n) is 4.19. The molecule has 0 amide bonds. The second-order valence-corrected chi connectivity index (χ2v) is 2.93. The summed E-state index contributed by atoms with van der Waals surface area (Å²) in [6, 6.07) is -0.736. The number of ether oxygens (including phenoxy) is 3. The molecule has 14 heavy (non-hydrogen) atoms. The van der Waals surface area contributed by atoms with Crippen LogP contribution in [-0.4, -0.2) is 31.1 Å². The summed E-state index contributed by atoms with van der Waals surface area (Å²) in [5, 5.41) is 0. The number of esters is 1. The smallest absolute Gasteiger partial charge is 0.431 e. The molecule has 0 bridgehead atoms. The van der Waals surface area contributed by atoms with Gasteiger partial charge in [0.05, 0.1) is 6.10 Å². The molecular formula is C8H15NO5. The number of nitrogens with two attached hydrogens (primary N) is 1. The molecule has 0 unspecified atom stereocenters. The summed E-state index contributed by atoms with van der Waals surface area (Å²) in [7, 11) is 0. The summed E-state index contributed by atoms with van der Waals surface area (Å²) in [5.74, 6) is -0.637. The highest BCUT2D eigenvalue weighted by molar-refractivity contribution is 5.74. The van der Waals surface area contributed by atoms with Gasteiger partial charge >= 0.3 is 12.1 Å². The summed E-state index contributed by atoms with van der Waals surface area (Å²) < 4.78 is 13.5. The van der Waals surface area contributed by atoms with Gasteiger partial charge in [0.2, 0.25) is 6.79 Å². The van der Waals surface area contributed by atoms with Crippen LogP contribution in [0.15, 0.2) is 0 Å². The summed E-state index contributed by atoms with van der Waals surface area (Å²) in [4.78, 5) is 21.5. The van der Waals surface area contributed by atoms with E-state index in [1.54, 1.807) is 13.8 Å². The van der Waals surface area contributed by atoms with Crippen molar-refractivity contribution >= 4 is 12.1 Å². The molecule has 0 aromatic heterocycles. The number of rotatable bonds is 4. The first kappa shape index (κ1) is 12.7. The third kappa shape index (κ3) is 6.24. The van der Waals surface area contributed by atoms with Crippen LogP contribution in [0, 0.1) is 0 Å².